The number of aliphatic hydroxyl groups is 1. The van der Waals surface area contributed by atoms with Crippen molar-refractivity contribution >= 4 is 6.03 Å². The number of hydrogen-bond acceptors (Lipinski definition) is 3. The van der Waals surface area contributed by atoms with E-state index < -0.39 is 6.10 Å². The van der Waals surface area contributed by atoms with E-state index in [1.807, 2.05) is 12.1 Å². The monoisotopic (exact) mass is 345 g/mol. The second-order valence-corrected chi connectivity index (χ2v) is 7.85. The molecule has 1 aromatic rings. The number of rotatable bonds is 5. The quantitative estimate of drug-likeness (QED) is 0.767. The van der Waals surface area contributed by atoms with E-state index in [4.69, 9.17) is 0 Å². The Balaban J connectivity index is 1.42. The molecular formula is C20H31N3O2. The minimum atomic E-state index is -0.521. The summed E-state index contributed by atoms with van der Waals surface area (Å²) in [7, 11) is 0. The van der Waals surface area contributed by atoms with E-state index in [0.717, 1.165) is 25.4 Å². The maximum Gasteiger partial charge on any atom is 0.315 e. The first kappa shape index (κ1) is 18.2. The molecule has 5 heteroatoms. The highest BCUT2D eigenvalue weighted by Crippen LogP contribution is 2.35. The molecule has 1 aromatic carbocycles. The molecule has 1 saturated heterocycles. The normalized spacial score (nSPS) is 25.4. The number of fused-ring (bicyclic) bond motifs is 1. The summed E-state index contributed by atoms with van der Waals surface area (Å²) < 4.78 is 0. The molecule has 1 aliphatic carbocycles. The van der Waals surface area contributed by atoms with Crippen LogP contribution in [0.3, 0.4) is 0 Å². The van der Waals surface area contributed by atoms with Gasteiger partial charge in [0, 0.05) is 13.1 Å². The summed E-state index contributed by atoms with van der Waals surface area (Å²) in [5.74, 6) is 1.18. The highest BCUT2D eigenvalue weighted by Gasteiger charge is 2.30. The number of amides is 2. The van der Waals surface area contributed by atoms with Crippen LogP contribution in [-0.4, -0.2) is 48.3 Å². The highest BCUT2D eigenvalue weighted by atomic mass is 16.3. The lowest BCUT2D eigenvalue weighted by Gasteiger charge is -2.31. The summed E-state index contributed by atoms with van der Waals surface area (Å²) >= 11 is 0. The van der Waals surface area contributed by atoms with Gasteiger partial charge in [-0.3, -0.25) is 0 Å². The van der Waals surface area contributed by atoms with E-state index >= 15 is 0 Å². The second kappa shape index (κ2) is 8.19. The van der Waals surface area contributed by atoms with Gasteiger partial charge in [0.25, 0.3) is 0 Å². The fourth-order valence-corrected chi connectivity index (χ4v) is 4.02. The van der Waals surface area contributed by atoms with Crippen LogP contribution in [-0.2, 0) is 6.42 Å². The third-order valence-electron chi connectivity index (χ3n) is 5.63. The van der Waals surface area contributed by atoms with Gasteiger partial charge in [0.15, 0.2) is 0 Å². The van der Waals surface area contributed by atoms with Crippen molar-refractivity contribution in [3.05, 3.63) is 35.4 Å². The number of benzene rings is 1. The van der Waals surface area contributed by atoms with Crippen molar-refractivity contribution < 1.29 is 9.90 Å². The summed E-state index contributed by atoms with van der Waals surface area (Å²) in [6, 6.07) is 8.15. The molecule has 2 aliphatic rings. The number of β-amino-alcohol motifs (C(OH)–C–C–N with tert-alkyl or cyclic N) is 1. The van der Waals surface area contributed by atoms with Gasteiger partial charge in [-0.1, -0.05) is 38.1 Å². The maximum absolute atomic E-state index is 12.2. The number of hydrogen-bond donors (Lipinski definition) is 3. The number of urea groups is 1. The molecule has 138 valence electrons. The topological polar surface area (TPSA) is 64.6 Å². The van der Waals surface area contributed by atoms with Crippen LogP contribution in [0, 0.1) is 11.8 Å². The molecule has 3 N–H and O–H groups in total. The van der Waals surface area contributed by atoms with E-state index in [9.17, 15) is 9.90 Å². The average Bonchev–Trinajstić information content (AvgIpc) is 2.91. The molecule has 0 saturated carbocycles. The molecule has 3 unspecified atom stereocenters. The Bertz CT molecular complexity index is 584. The summed E-state index contributed by atoms with van der Waals surface area (Å²) in [4.78, 5) is 14.5. The maximum atomic E-state index is 12.2. The molecule has 3 rings (SSSR count). The van der Waals surface area contributed by atoms with Crippen LogP contribution >= 0.6 is 0 Å². The number of aliphatic hydroxyl groups excluding tert-OH is 1. The SMILES string of the molecule is CC1CCN(CC(O)CNC(=O)NC2c3ccccc3CC2C)CC1. The lowest BCUT2D eigenvalue weighted by atomic mass is 9.99. The van der Waals surface area contributed by atoms with Gasteiger partial charge in [-0.2, -0.15) is 0 Å². The molecule has 0 aromatic heterocycles. The lowest BCUT2D eigenvalue weighted by Crippen LogP contribution is -2.46. The van der Waals surface area contributed by atoms with Gasteiger partial charge in [0.2, 0.25) is 0 Å². The smallest absolute Gasteiger partial charge is 0.315 e. The number of carbonyl (C=O) groups is 1. The van der Waals surface area contributed by atoms with Crippen molar-refractivity contribution in [1.82, 2.24) is 15.5 Å². The number of nitrogens with zero attached hydrogens (tertiary/aromatic N) is 1. The summed E-state index contributed by atoms with van der Waals surface area (Å²) in [5.41, 5.74) is 2.53. The first-order valence-electron chi connectivity index (χ1n) is 9.55. The van der Waals surface area contributed by atoms with Gasteiger partial charge < -0.3 is 20.6 Å². The summed E-state index contributed by atoms with van der Waals surface area (Å²) in [6.07, 6.45) is 2.86. The fourth-order valence-electron chi connectivity index (χ4n) is 4.02. The van der Waals surface area contributed by atoms with E-state index in [2.05, 4.69) is 41.5 Å². The molecule has 2 amide bonds. The third-order valence-corrected chi connectivity index (χ3v) is 5.63. The fraction of sp³-hybridized carbons (Fsp3) is 0.650. The summed E-state index contributed by atoms with van der Waals surface area (Å²) in [5, 5.41) is 16.1. The molecule has 5 nitrogen and oxygen atoms in total. The first-order valence-corrected chi connectivity index (χ1v) is 9.55. The second-order valence-electron chi connectivity index (χ2n) is 7.85. The highest BCUT2D eigenvalue weighted by molar-refractivity contribution is 5.74. The number of carbonyl (C=O) groups excluding carboxylic acids is 1. The zero-order chi connectivity index (χ0) is 17.8. The van der Waals surface area contributed by atoms with Crippen molar-refractivity contribution in [1.29, 1.82) is 0 Å². The van der Waals surface area contributed by atoms with Crippen LogP contribution in [0.4, 0.5) is 4.79 Å². The van der Waals surface area contributed by atoms with E-state index in [0.29, 0.717) is 19.0 Å². The molecule has 0 bridgehead atoms. The van der Waals surface area contributed by atoms with Gasteiger partial charge in [-0.05, 0) is 55.3 Å². The van der Waals surface area contributed by atoms with Gasteiger partial charge in [0.1, 0.15) is 0 Å². The predicted octanol–water partition coefficient (Wildman–Crippen LogP) is 2.31. The average molecular weight is 345 g/mol. The minimum absolute atomic E-state index is 0.0527. The first-order chi connectivity index (χ1) is 12.0. The molecule has 0 spiro atoms. The van der Waals surface area contributed by atoms with E-state index in [1.54, 1.807) is 0 Å². The Morgan fingerprint density at radius 1 is 1.28 bits per heavy atom. The number of likely N-dealkylation sites (tertiary alicyclic amines) is 1. The Morgan fingerprint density at radius 3 is 2.76 bits per heavy atom. The van der Waals surface area contributed by atoms with Crippen molar-refractivity contribution in [3.8, 4) is 0 Å². The lowest BCUT2D eigenvalue weighted by molar-refractivity contribution is 0.0918. The Hall–Kier alpha value is -1.59. The van der Waals surface area contributed by atoms with Crippen molar-refractivity contribution in [2.75, 3.05) is 26.2 Å². The zero-order valence-electron chi connectivity index (χ0n) is 15.4. The standard InChI is InChI=1S/C20H31N3O2/c1-14-7-9-23(10-8-14)13-17(24)12-21-20(25)22-19-15(2)11-16-5-3-4-6-18(16)19/h3-6,14-15,17,19,24H,7-13H2,1-2H3,(H2,21,22,25). The molecule has 25 heavy (non-hydrogen) atoms. The third kappa shape index (κ3) is 4.73. The van der Waals surface area contributed by atoms with Crippen LogP contribution in [0.2, 0.25) is 0 Å². The van der Waals surface area contributed by atoms with Crippen LogP contribution < -0.4 is 10.6 Å². The van der Waals surface area contributed by atoms with Gasteiger partial charge in [-0.25, -0.2) is 4.79 Å². The van der Waals surface area contributed by atoms with Crippen LogP contribution in [0.25, 0.3) is 0 Å². The van der Waals surface area contributed by atoms with Crippen LogP contribution in [0.5, 0.6) is 0 Å². The molecule has 0 radical (unpaired) electrons. The van der Waals surface area contributed by atoms with Crippen molar-refractivity contribution in [2.24, 2.45) is 11.8 Å². The van der Waals surface area contributed by atoms with E-state index in [1.165, 1.54) is 24.0 Å². The van der Waals surface area contributed by atoms with Crippen LogP contribution in [0.1, 0.15) is 43.9 Å². The molecule has 1 heterocycles. The van der Waals surface area contributed by atoms with Gasteiger partial charge >= 0.3 is 6.03 Å². The molecule has 3 atom stereocenters. The Labute approximate surface area is 150 Å². The summed E-state index contributed by atoms with van der Waals surface area (Å²) in [6.45, 7) is 7.46. The van der Waals surface area contributed by atoms with Gasteiger partial charge in [-0.15, -0.1) is 0 Å². The Kier molecular flexibility index (Phi) is 5.97. The largest absolute Gasteiger partial charge is 0.390 e. The molecular weight excluding hydrogens is 314 g/mol. The van der Waals surface area contributed by atoms with E-state index in [-0.39, 0.29) is 12.1 Å². The van der Waals surface area contributed by atoms with Crippen molar-refractivity contribution in [2.45, 2.75) is 45.3 Å². The minimum Gasteiger partial charge on any atom is -0.390 e. The van der Waals surface area contributed by atoms with Crippen molar-refractivity contribution in [3.63, 3.8) is 0 Å². The number of nitrogens with one attached hydrogen (secondary N) is 2. The number of piperidine rings is 1. The Morgan fingerprint density at radius 2 is 2.00 bits per heavy atom. The van der Waals surface area contributed by atoms with Gasteiger partial charge in [0.05, 0.1) is 12.1 Å². The molecule has 1 fully saturated rings. The molecule has 1 aliphatic heterocycles. The zero-order valence-corrected chi connectivity index (χ0v) is 15.4. The predicted molar refractivity (Wildman–Crippen MR) is 99.4 cm³/mol. The van der Waals surface area contributed by atoms with Crippen LogP contribution in [0.15, 0.2) is 24.3 Å².